The van der Waals surface area contributed by atoms with Crippen LogP contribution in [-0.2, 0) is 16.1 Å². The zero-order valence-electron chi connectivity index (χ0n) is 18.0. The minimum absolute atomic E-state index is 0.208. The van der Waals surface area contributed by atoms with Crippen LogP contribution in [0, 0.1) is 13.8 Å². The van der Waals surface area contributed by atoms with Crippen molar-refractivity contribution >= 4 is 5.97 Å². The standard InChI is InChI=1S/C23H27N3O4/c1-6-29-21(27)23(4,5)30-20-16(2)12-18(13-17(20)3)14-26-22(28)25(15-24-26)19-10-8-7-9-11-19/h7-13,15H,6,14H2,1-5H3. The van der Waals surface area contributed by atoms with Gasteiger partial charge in [0.2, 0.25) is 0 Å². The molecule has 30 heavy (non-hydrogen) atoms. The Balaban J connectivity index is 1.84. The smallest absolute Gasteiger partial charge is 0.350 e. The summed E-state index contributed by atoms with van der Waals surface area (Å²) in [6.07, 6.45) is 1.52. The van der Waals surface area contributed by atoms with E-state index in [2.05, 4.69) is 5.10 Å². The normalized spacial score (nSPS) is 11.4. The lowest BCUT2D eigenvalue weighted by Crippen LogP contribution is -2.40. The molecule has 0 aliphatic rings. The predicted molar refractivity (Wildman–Crippen MR) is 114 cm³/mol. The Morgan fingerprint density at radius 3 is 2.33 bits per heavy atom. The second-order valence-electron chi connectivity index (χ2n) is 7.67. The van der Waals surface area contributed by atoms with Crippen LogP contribution in [0.3, 0.4) is 0 Å². The van der Waals surface area contributed by atoms with Crippen molar-refractivity contribution in [2.75, 3.05) is 6.61 Å². The van der Waals surface area contributed by atoms with Crippen LogP contribution in [-0.4, -0.2) is 32.5 Å². The summed E-state index contributed by atoms with van der Waals surface area (Å²) in [5, 5.41) is 4.25. The van der Waals surface area contributed by atoms with E-state index in [9.17, 15) is 9.59 Å². The van der Waals surface area contributed by atoms with Crippen LogP contribution in [0.25, 0.3) is 5.69 Å². The molecule has 0 saturated carbocycles. The van der Waals surface area contributed by atoms with E-state index < -0.39 is 11.6 Å². The number of hydrogen-bond donors (Lipinski definition) is 0. The van der Waals surface area contributed by atoms with E-state index in [1.54, 1.807) is 20.8 Å². The van der Waals surface area contributed by atoms with Crippen LogP contribution in [0.1, 0.15) is 37.5 Å². The average Bonchev–Trinajstić information content (AvgIpc) is 3.06. The maximum atomic E-state index is 12.7. The van der Waals surface area contributed by atoms with Gasteiger partial charge in [-0.05, 0) is 63.4 Å². The van der Waals surface area contributed by atoms with Crippen molar-refractivity contribution in [1.82, 2.24) is 14.3 Å². The topological polar surface area (TPSA) is 75.3 Å². The molecule has 0 unspecified atom stereocenters. The molecule has 0 aliphatic carbocycles. The Bertz CT molecular complexity index is 1070. The lowest BCUT2D eigenvalue weighted by atomic mass is 10.0. The van der Waals surface area contributed by atoms with Gasteiger partial charge in [0.1, 0.15) is 12.1 Å². The molecule has 7 nitrogen and oxygen atoms in total. The van der Waals surface area contributed by atoms with Gasteiger partial charge in [-0.2, -0.15) is 5.10 Å². The number of aromatic nitrogens is 3. The zero-order valence-corrected chi connectivity index (χ0v) is 18.0. The van der Waals surface area contributed by atoms with Gasteiger partial charge < -0.3 is 9.47 Å². The molecule has 3 aromatic rings. The van der Waals surface area contributed by atoms with Crippen molar-refractivity contribution in [1.29, 1.82) is 0 Å². The number of benzene rings is 2. The molecule has 0 bridgehead atoms. The molecular weight excluding hydrogens is 382 g/mol. The van der Waals surface area contributed by atoms with E-state index in [4.69, 9.17) is 9.47 Å². The molecule has 0 fully saturated rings. The van der Waals surface area contributed by atoms with E-state index >= 15 is 0 Å². The van der Waals surface area contributed by atoms with E-state index in [1.807, 2.05) is 56.3 Å². The summed E-state index contributed by atoms with van der Waals surface area (Å²) >= 11 is 0. The van der Waals surface area contributed by atoms with Gasteiger partial charge in [-0.1, -0.05) is 30.3 Å². The molecule has 3 rings (SSSR count). The van der Waals surface area contributed by atoms with Crippen LogP contribution in [0.4, 0.5) is 0 Å². The third-order valence-electron chi connectivity index (χ3n) is 4.74. The largest absolute Gasteiger partial charge is 0.476 e. The molecular formula is C23H27N3O4. The van der Waals surface area contributed by atoms with E-state index in [-0.39, 0.29) is 5.69 Å². The van der Waals surface area contributed by atoms with Gasteiger partial charge in [-0.25, -0.2) is 18.8 Å². The van der Waals surface area contributed by atoms with Crippen LogP contribution in [0.15, 0.2) is 53.6 Å². The molecule has 0 aliphatic heterocycles. The third-order valence-corrected chi connectivity index (χ3v) is 4.74. The number of para-hydroxylation sites is 1. The van der Waals surface area contributed by atoms with Gasteiger partial charge in [0.15, 0.2) is 5.60 Å². The number of ether oxygens (including phenoxy) is 2. The van der Waals surface area contributed by atoms with Gasteiger partial charge in [-0.3, -0.25) is 0 Å². The van der Waals surface area contributed by atoms with E-state index in [0.29, 0.717) is 18.9 Å². The lowest BCUT2D eigenvalue weighted by Gasteiger charge is -2.26. The van der Waals surface area contributed by atoms with Gasteiger partial charge in [0.05, 0.1) is 18.8 Å². The summed E-state index contributed by atoms with van der Waals surface area (Å²) in [7, 11) is 0. The van der Waals surface area contributed by atoms with Crippen LogP contribution in [0.2, 0.25) is 0 Å². The molecule has 1 heterocycles. The Labute approximate surface area is 175 Å². The Morgan fingerprint density at radius 2 is 1.73 bits per heavy atom. The van der Waals surface area contributed by atoms with Crippen LogP contribution < -0.4 is 10.4 Å². The molecule has 0 saturated heterocycles. The number of hydrogen-bond acceptors (Lipinski definition) is 5. The molecule has 0 atom stereocenters. The molecule has 0 spiro atoms. The van der Waals surface area contributed by atoms with E-state index in [0.717, 1.165) is 22.4 Å². The first-order valence-corrected chi connectivity index (χ1v) is 9.89. The van der Waals surface area contributed by atoms with Crippen molar-refractivity contribution in [2.45, 2.75) is 46.8 Å². The molecule has 2 aromatic carbocycles. The fourth-order valence-corrected chi connectivity index (χ4v) is 3.28. The highest BCUT2D eigenvalue weighted by atomic mass is 16.6. The van der Waals surface area contributed by atoms with Crippen molar-refractivity contribution in [3.63, 3.8) is 0 Å². The minimum Gasteiger partial charge on any atom is -0.476 e. The molecule has 0 radical (unpaired) electrons. The number of aryl methyl sites for hydroxylation is 2. The zero-order chi connectivity index (χ0) is 21.9. The number of esters is 1. The van der Waals surface area contributed by atoms with Crippen LogP contribution >= 0.6 is 0 Å². The molecule has 0 amide bonds. The first kappa shape index (κ1) is 21.4. The quantitative estimate of drug-likeness (QED) is 0.559. The Morgan fingerprint density at radius 1 is 1.10 bits per heavy atom. The van der Waals surface area contributed by atoms with Crippen molar-refractivity contribution in [2.24, 2.45) is 0 Å². The second-order valence-corrected chi connectivity index (χ2v) is 7.67. The Hall–Kier alpha value is -3.35. The average molecular weight is 409 g/mol. The van der Waals surface area contributed by atoms with Gasteiger partial charge in [-0.15, -0.1) is 0 Å². The Kier molecular flexibility index (Phi) is 6.10. The molecule has 0 N–H and O–H groups in total. The number of nitrogens with zero attached hydrogens (tertiary/aromatic N) is 3. The third kappa shape index (κ3) is 4.45. The number of rotatable bonds is 7. The monoisotopic (exact) mass is 409 g/mol. The summed E-state index contributed by atoms with van der Waals surface area (Å²) in [6, 6.07) is 13.3. The first-order chi connectivity index (χ1) is 14.2. The summed E-state index contributed by atoms with van der Waals surface area (Å²) in [4.78, 5) is 24.9. The summed E-state index contributed by atoms with van der Waals surface area (Å²) in [6.45, 7) is 9.60. The maximum Gasteiger partial charge on any atom is 0.350 e. The molecule has 158 valence electrons. The van der Waals surface area contributed by atoms with Crippen molar-refractivity contribution in [3.05, 3.63) is 76.0 Å². The summed E-state index contributed by atoms with van der Waals surface area (Å²) in [5.74, 6) is 0.227. The highest BCUT2D eigenvalue weighted by Gasteiger charge is 2.32. The fraction of sp³-hybridized carbons (Fsp3) is 0.348. The van der Waals surface area contributed by atoms with Crippen molar-refractivity contribution in [3.8, 4) is 11.4 Å². The van der Waals surface area contributed by atoms with Crippen LogP contribution in [0.5, 0.6) is 5.75 Å². The highest BCUT2D eigenvalue weighted by Crippen LogP contribution is 2.29. The summed E-state index contributed by atoms with van der Waals surface area (Å²) in [5.41, 5.74) is 2.13. The van der Waals surface area contributed by atoms with Crippen molar-refractivity contribution < 1.29 is 14.3 Å². The number of carbonyl (C=O) groups is 1. The second kappa shape index (κ2) is 8.57. The van der Waals surface area contributed by atoms with Gasteiger partial charge in [0, 0.05) is 0 Å². The molecule has 1 aromatic heterocycles. The summed E-state index contributed by atoms with van der Waals surface area (Å²) < 4.78 is 14.0. The maximum absolute atomic E-state index is 12.7. The molecule has 7 heteroatoms. The lowest BCUT2D eigenvalue weighted by molar-refractivity contribution is -0.158. The van der Waals surface area contributed by atoms with E-state index in [1.165, 1.54) is 15.6 Å². The number of carbonyl (C=O) groups excluding carboxylic acids is 1. The SMILES string of the molecule is CCOC(=O)C(C)(C)Oc1c(C)cc(Cn2ncn(-c3ccccc3)c2=O)cc1C. The minimum atomic E-state index is -1.10. The van der Waals surface area contributed by atoms with Gasteiger partial charge in [0.25, 0.3) is 0 Å². The van der Waals surface area contributed by atoms with Gasteiger partial charge >= 0.3 is 11.7 Å². The fourth-order valence-electron chi connectivity index (χ4n) is 3.28. The predicted octanol–water partition coefficient (Wildman–Crippen LogP) is 3.42. The first-order valence-electron chi connectivity index (χ1n) is 9.89. The highest BCUT2D eigenvalue weighted by molar-refractivity contribution is 5.79.